The molecule has 0 bridgehead atoms. The molecule has 15 rings (SSSR count). The fraction of sp³-hybridized carbons (Fsp3) is 0.143. The van der Waals surface area contributed by atoms with Crippen LogP contribution >= 0.6 is 0 Å². The standard InChI is InChI=1S/C84H69N5O.Pt/c1-82(2,3)59-46-47-85-78(51-59)88-72-39-21-19-32-68(72)70-44-42-62(52-76(70)88)90-63-43-45-74-77(53-63)87-54-86(79-64(55-26-13-10-14-27-55)34-23-37-67(79)58-48-60(83(4,5)6)50-61(49-58)84(7,8)9)75-41-25-38-71(81(75)87)69-33-20-22-40-73(69)89(74)80-65(56-28-15-11-16-29-56)35-24-36-66(80)57-30-17-12-18-31-57;/h10-51H,1-9H3;/q-2;/i10D,13D,14D,26D,27D;. The molecule has 15 aromatic rings. The fourth-order valence-electron chi connectivity index (χ4n) is 13.0. The molecule has 0 saturated carbocycles. The number of imidazole rings is 1. The Kier molecular flexibility index (Phi) is 12.7. The van der Waals surface area contributed by atoms with Gasteiger partial charge in [0, 0.05) is 6.20 Å². The molecular weight excluding hydrogens is 1290 g/mol. The minimum absolute atomic E-state index is 0.0980. The van der Waals surface area contributed by atoms with Crippen molar-refractivity contribution in [3.05, 3.63) is 287 Å². The molecule has 0 radical (unpaired) electrons. The zero-order chi connectivity index (χ0) is 66.9. The van der Waals surface area contributed by atoms with Gasteiger partial charge in [-0.1, -0.05) is 32.9 Å². The summed E-state index contributed by atoms with van der Waals surface area (Å²) in [6.07, 6.45) is 1.89. The number of hydrogen-bond acceptors (Lipinski definition) is 2. The Morgan fingerprint density at radius 3 is 1.51 bits per heavy atom. The molecule has 0 aliphatic carbocycles. The number of rotatable bonds is 9. The summed E-state index contributed by atoms with van der Waals surface area (Å²) < 4.78 is 63.5. The first kappa shape index (κ1) is 52.0. The van der Waals surface area contributed by atoms with Crippen LogP contribution in [0.25, 0.3) is 122 Å². The molecule has 0 N–H and O–H groups in total. The van der Waals surface area contributed by atoms with E-state index in [9.17, 15) is 2.74 Å². The van der Waals surface area contributed by atoms with E-state index in [2.05, 4.69) is 306 Å². The summed E-state index contributed by atoms with van der Waals surface area (Å²) in [5.74, 6) is 1.70. The number of fused-ring (bicyclic) bond motifs is 7. The monoisotopic (exact) mass is 1360 g/mol. The first-order valence-corrected chi connectivity index (χ1v) is 32.1. The van der Waals surface area contributed by atoms with Gasteiger partial charge in [-0.3, -0.25) is 0 Å². The molecule has 0 aliphatic heterocycles. The predicted molar refractivity (Wildman–Crippen MR) is 375 cm³/mol. The first-order valence-electron chi connectivity index (χ1n) is 33.4. The molecule has 91 heavy (non-hydrogen) atoms. The van der Waals surface area contributed by atoms with Crippen LogP contribution in [0.1, 0.15) is 85.9 Å². The van der Waals surface area contributed by atoms with Crippen LogP contribution in [0.5, 0.6) is 11.5 Å². The molecule has 0 fully saturated rings. The van der Waals surface area contributed by atoms with Gasteiger partial charge in [0.25, 0.3) is 0 Å². The quantitative estimate of drug-likeness (QED) is 0.135. The third kappa shape index (κ3) is 10.1. The Balaban J connectivity index is 1.11. The van der Waals surface area contributed by atoms with Crippen LogP contribution in [-0.4, -0.2) is 23.1 Å². The molecule has 0 atom stereocenters. The van der Waals surface area contributed by atoms with Crippen molar-refractivity contribution in [1.29, 1.82) is 0 Å². The topological polar surface area (TPSA) is 41.3 Å². The molecule has 11 aromatic carbocycles. The van der Waals surface area contributed by atoms with Gasteiger partial charge in [0.2, 0.25) is 0 Å². The molecule has 0 aliphatic rings. The van der Waals surface area contributed by atoms with Crippen LogP contribution in [0.15, 0.2) is 255 Å². The Bertz CT molecular complexity index is 5660. The summed E-state index contributed by atoms with van der Waals surface area (Å²) in [7, 11) is 0. The molecule has 6 nitrogen and oxygen atoms in total. The summed E-state index contributed by atoms with van der Waals surface area (Å²) in [5, 5.41) is 3.97. The van der Waals surface area contributed by atoms with Crippen LogP contribution in [0.3, 0.4) is 0 Å². The van der Waals surface area contributed by atoms with E-state index in [4.69, 9.17) is 13.8 Å². The van der Waals surface area contributed by atoms with Crippen molar-refractivity contribution >= 4 is 60.2 Å². The van der Waals surface area contributed by atoms with E-state index in [0.29, 0.717) is 28.3 Å². The summed E-state index contributed by atoms with van der Waals surface area (Å²) >= 11 is 2.45. The summed E-state index contributed by atoms with van der Waals surface area (Å²) in [5.41, 5.74) is 16.7. The molecule has 0 unspecified atom stereocenters. The van der Waals surface area contributed by atoms with E-state index in [-0.39, 0.29) is 33.9 Å². The van der Waals surface area contributed by atoms with Crippen LogP contribution in [0, 0.1) is 15.9 Å². The normalized spacial score (nSPS) is 13.1. The number of para-hydroxylation sites is 5. The molecule has 448 valence electrons. The van der Waals surface area contributed by atoms with Gasteiger partial charge in [-0.2, -0.15) is 0 Å². The van der Waals surface area contributed by atoms with Crippen molar-refractivity contribution in [2.24, 2.45) is 0 Å². The fourth-order valence-corrected chi connectivity index (χ4v) is 14.0. The average molecular weight is 1360 g/mol. The zero-order valence-electron chi connectivity index (χ0n) is 57.3. The maximum absolute atomic E-state index is 9.69. The van der Waals surface area contributed by atoms with Gasteiger partial charge in [0.05, 0.1) is 0 Å². The number of aromatic nitrogens is 5. The van der Waals surface area contributed by atoms with E-state index in [1.165, 1.54) is 0 Å². The number of nitrogens with zero attached hydrogens (tertiary/aromatic N) is 5. The van der Waals surface area contributed by atoms with Gasteiger partial charge in [-0.25, -0.2) is 0 Å². The second kappa shape index (κ2) is 22.3. The Labute approximate surface area is 550 Å². The maximum atomic E-state index is 9.69. The van der Waals surface area contributed by atoms with Gasteiger partial charge < -0.3 is 0 Å². The van der Waals surface area contributed by atoms with Gasteiger partial charge in [-0.05, 0) is 17.0 Å². The first-order chi connectivity index (χ1) is 46.0. The van der Waals surface area contributed by atoms with Crippen LogP contribution in [-0.2, 0) is 35.6 Å². The van der Waals surface area contributed by atoms with Crippen molar-refractivity contribution in [3.63, 3.8) is 0 Å². The number of hydrogen-bond donors (Lipinski definition) is 0. The minimum atomic E-state index is -0.457. The van der Waals surface area contributed by atoms with Crippen molar-refractivity contribution in [3.8, 4) is 73.2 Å². The number of benzene rings is 11. The van der Waals surface area contributed by atoms with Crippen molar-refractivity contribution < 1.29 is 30.9 Å². The van der Waals surface area contributed by atoms with Gasteiger partial charge in [0.1, 0.15) is 0 Å². The zero-order valence-corrected chi connectivity index (χ0v) is 54.6. The third-order valence-corrected chi connectivity index (χ3v) is 18.7. The third-order valence-electron chi connectivity index (χ3n) is 17.6. The van der Waals surface area contributed by atoms with Crippen molar-refractivity contribution in [1.82, 2.24) is 23.1 Å². The molecule has 7 heteroatoms. The van der Waals surface area contributed by atoms with Gasteiger partial charge in [0.15, 0.2) is 0 Å². The van der Waals surface area contributed by atoms with Crippen molar-refractivity contribution in [2.45, 2.75) is 78.6 Å². The van der Waals surface area contributed by atoms with Crippen LogP contribution in [0.4, 0.5) is 0 Å². The average Bonchev–Trinajstić information content (AvgIpc) is 1.53. The molecule has 0 amide bonds. The molecule has 0 saturated heterocycles. The molecule has 4 aromatic heterocycles. The molecule has 0 spiro atoms. The van der Waals surface area contributed by atoms with E-state index >= 15 is 0 Å². The molecule has 4 heterocycles. The summed E-state index contributed by atoms with van der Waals surface area (Å²) in [6, 6.07) is 82.2. The second-order valence-corrected chi connectivity index (χ2v) is 27.6. The number of pyridine rings is 1. The van der Waals surface area contributed by atoms with E-state index in [0.717, 1.165) is 120 Å². The van der Waals surface area contributed by atoms with Crippen LogP contribution < -0.4 is 4.74 Å². The second-order valence-electron chi connectivity index (χ2n) is 26.6. The van der Waals surface area contributed by atoms with E-state index in [1.54, 1.807) is 0 Å². The van der Waals surface area contributed by atoms with E-state index < -0.39 is 18.1 Å². The predicted octanol–water partition coefficient (Wildman–Crippen LogP) is 22.1. The van der Waals surface area contributed by atoms with Gasteiger partial charge >= 0.3 is 497 Å². The number of ether oxygens (including phenoxy) is 1. The van der Waals surface area contributed by atoms with Crippen LogP contribution in [0.2, 0.25) is 0 Å². The Hall–Kier alpha value is -9.87. The summed E-state index contributed by atoms with van der Waals surface area (Å²) in [6.45, 7) is 20.0. The van der Waals surface area contributed by atoms with Gasteiger partial charge in [-0.15, -0.1) is 0 Å². The SMILES string of the molecule is [2H]c1c([2H])c([2H])c(-c2cccc(-c3cc(C(C)(C)C)cc(C(C)(C)C)c3)c2-n2[c](=[Pt])n3c4[c-]c(Oc5[c-]c6c(cc5)c5ccccc5n6-c5cc(C(C)(C)C)ccn5)ccc4n(-c4c(-c5ccccc5)cccc4-c4ccccc4)c4ccccc4c4cccc2c43)c([2H])c1[2H]. The Morgan fingerprint density at radius 2 is 0.890 bits per heavy atom. The van der Waals surface area contributed by atoms with E-state index in [1.807, 2.05) is 30.5 Å². The Morgan fingerprint density at radius 1 is 0.396 bits per heavy atom. The van der Waals surface area contributed by atoms with Crippen molar-refractivity contribution in [2.75, 3.05) is 0 Å². The molecular formula is C84H69N5OPt-2. The summed E-state index contributed by atoms with van der Waals surface area (Å²) in [4.78, 5) is 4.98.